The summed E-state index contributed by atoms with van der Waals surface area (Å²) >= 11 is 1.20. The zero-order valence-corrected chi connectivity index (χ0v) is 9.93. The molecule has 0 aromatic rings. The molecule has 0 bridgehead atoms. The van der Waals surface area contributed by atoms with E-state index in [4.69, 9.17) is 14.3 Å². The third kappa shape index (κ3) is 6.25. The van der Waals surface area contributed by atoms with Crippen molar-refractivity contribution in [2.45, 2.75) is 26.4 Å². The molecule has 0 radical (unpaired) electrons. The SMILES string of the molecule is CO[PH](O)(OC(C)C)SCCC#N. The van der Waals surface area contributed by atoms with Gasteiger partial charge in [-0.25, -0.2) is 0 Å². The molecule has 0 saturated heterocycles. The van der Waals surface area contributed by atoms with Crippen molar-refractivity contribution in [3.05, 3.63) is 0 Å². The average molecular weight is 225 g/mol. The van der Waals surface area contributed by atoms with Crippen LogP contribution in [0.15, 0.2) is 0 Å². The van der Waals surface area contributed by atoms with Crippen molar-refractivity contribution in [3.63, 3.8) is 0 Å². The Morgan fingerprint density at radius 1 is 1.62 bits per heavy atom. The molecule has 6 heteroatoms. The number of nitriles is 1. The summed E-state index contributed by atoms with van der Waals surface area (Å²) in [7, 11) is -1.63. The van der Waals surface area contributed by atoms with Crippen LogP contribution >= 0.6 is 18.5 Å². The minimum absolute atomic E-state index is 0.0637. The van der Waals surface area contributed by atoms with E-state index in [-0.39, 0.29) is 6.10 Å². The van der Waals surface area contributed by atoms with E-state index >= 15 is 0 Å². The van der Waals surface area contributed by atoms with Crippen molar-refractivity contribution in [1.82, 2.24) is 0 Å². The van der Waals surface area contributed by atoms with Crippen LogP contribution in [0.4, 0.5) is 0 Å². The first kappa shape index (κ1) is 13.2. The second kappa shape index (κ2) is 6.58. The topological polar surface area (TPSA) is 62.5 Å². The van der Waals surface area contributed by atoms with E-state index in [9.17, 15) is 4.89 Å². The zero-order chi connectivity index (χ0) is 10.3. The second-order valence-electron chi connectivity index (χ2n) is 2.65. The summed E-state index contributed by atoms with van der Waals surface area (Å²) in [5.41, 5.74) is 0. The summed E-state index contributed by atoms with van der Waals surface area (Å²) in [5.74, 6) is 0.541. The Labute approximate surface area is 83.6 Å². The van der Waals surface area contributed by atoms with Crippen LogP contribution in [0.3, 0.4) is 0 Å². The molecule has 0 saturated carbocycles. The Morgan fingerprint density at radius 3 is 2.62 bits per heavy atom. The van der Waals surface area contributed by atoms with Crippen LogP contribution in [-0.2, 0) is 9.05 Å². The molecular formula is C7H16NO3PS. The molecule has 0 heterocycles. The number of rotatable bonds is 6. The summed E-state index contributed by atoms with van der Waals surface area (Å²) in [5, 5.41) is 8.31. The van der Waals surface area contributed by atoms with Gasteiger partial charge in [-0.15, -0.1) is 0 Å². The Bertz CT molecular complexity index is 185. The Balaban J connectivity index is 3.90. The van der Waals surface area contributed by atoms with E-state index in [0.717, 1.165) is 0 Å². The van der Waals surface area contributed by atoms with Gasteiger partial charge in [-0.3, -0.25) is 0 Å². The van der Waals surface area contributed by atoms with Crippen molar-refractivity contribution in [3.8, 4) is 6.07 Å². The van der Waals surface area contributed by atoms with Gasteiger partial charge in [0.1, 0.15) is 0 Å². The average Bonchev–Trinajstić information content (AvgIpc) is 2.04. The van der Waals surface area contributed by atoms with E-state index in [0.29, 0.717) is 12.2 Å². The fraction of sp³-hybridized carbons (Fsp3) is 0.857. The van der Waals surface area contributed by atoms with Gasteiger partial charge < -0.3 is 0 Å². The first-order valence-electron chi connectivity index (χ1n) is 4.00. The van der Waals surface area contributed by atoms with Crippen LogP contribution in [-0.4, -0.2) is 23.9 Å². The molecule has 0 aliphatic rings. The van der Waals surface area contributed by atoms with Gasteiger partial charge in [0.2, 0.25) is 0 Å². The maximum absolute atomic E-state index is 9.77. The molecule has 4 nitrogen and oxygen atoms in total. The van der Waals surface area contributed by atoms with Gasteiger partial charge in [-0.1, -0.05) is 0 Å². The fourth-order valence-electron chi connectivity index (χ4n) is 0.665. The van der Waals surface area contributed by atoms with Gasteiger partial charge in [0, 0.05) is 0 Å². The van der Waals surface area contributed by atoms with E-state index < -0.39 is 7.15 Å². The molecule has 0 rings (SSSR count). The molecule has 0 aliphatic heterocycles. The summed E-state index contributed by atoms with van der Waals surface area (Å²) in [4.78, 5) is 9.77. The van der Waals surface area contributed by atoms with E-state index in [1.54, 1.807) is 0 Å². The third-order valence-corrected chi connectivity index (χ3v) is 5.69. The molecule has 1 N–H and O–H groups in total. The third-order valence-electron chi connectivity index (χ3n) is 1.14. The summed E-state index contributed by atoms with van der Waals surface area (Å²) < 4.78 is 10.2. The Hall–Kier alpha value is 0.150. The molecule has 78 valence electrons. The molecule has 0 aromatic carbocycles. The van der Waals surface area contributed by atoms with Gasteiger partial charge in [0.25, 0.3) is 0 Å². The predicted octanol–water partition coefficient (Wildman–Crippen LogP) is 2.11. The standard InChI is InChI=1S/C7H16NO3PS/c1-7(2)11-12(9,10-3)13-6-4-5-8/h7,9,12H,4,6H2,1-3H3. The van der Waals surface area contributed by atoms with Crippen LogP contribution in [0.25, 0.3) is 0 Å². The van der Waals surface area contributed by atoms with Crippen molar-refractivity contribution in [1.29, 1.82) is 5.26 Å². The number of hydrogen-bond donors (Lipinski definition) is 1. The first-order valence-corrected chi connectivity index (χ1v) is 7.47. The van der Waals surface area contributed by atoms with Crippen LogP contribution in [0, 0.1) is 11.3 Å². The monoisotopic (exact) mass is 225 g/mol. The van der Waals surface area contributed by atoms with Gasteiger partial charge in [0.05, 0.1) is 0 Å². The molecule has 0 aliphatic carbocycles. The molecule has 0 amide bonds. The van der Waals surface area contributed by atoms with E-state index in [2.05, 4.69) is 0 Å². The van der Waals surface area contributed by atoms with E-state index in [1.165, 1.54) is 18.5 Å². The van der Waals surface area contributed by atoms with Crippen LogP contribution in [0.2, 0.25) is 0 Å². The first-order chi connectivity index (χ1) is 6.04. The second-order valence-corrected chi connectivity index (χ2v) is 7.45. The summed E-state index contributed by atoms with van der Waals surface area (Å²) in [6.45, 7) is 3.67. The molecule has 13 heavy (non-hydrogen) atoms. The molecule has 0 fully saturated rings. The van der Waals surface area contributed by atoms with Gasteiger partial charge in [-0.05, 0) is 0 Å². The summed E-state index contributed by atoms with van der Waals surface area (Å²) in [6.07, 6.45) is 0.330. The molecule has 0 aromatic heterocycles. The van der Waals surface area contributed by atoms with Crippen molar-refractivity contribution < 1.29 is 13.9 Å². The maximum atomic E-state index is 9.77. The van der Waals surface area contributed by atoms with Gasteiger partial charge in [0.15, 0.2) is 0 Å². The molecule has 0 atom stereocenters. The Morgan fingerprint density at radius 2 is 2.23 bits per heavy atom. The van der Waals surface area contributed by atoms with Crippen molar-refractivity contribution >= 4 is 18.5 Å². The van der Waals surface area contributed by atoms with Gasteiger partial charge >= 0.3 is 83.0 Å². The fourth-order valence-corrected chi connectivity index (χ4v) is 4.21. The summed E-state index contributed by atoms with van der Waals surface area (Å²) in [6, 6.07) is 2.00. The molecular weight excluding hydrogens is 209 g/mol. The Kier molecular flexibility index (Phi) is 6.66. The predicted molar refractivity (Wildman–Crippen MR) is 56.5 cm³/mol. The van der Waals surface area contributed by atoms with Crippen LogP contribution in [0.1, 0.15) is 20.3 Å². The normalized spacial score (nSPS) is 12.9. The van der Waals surface area contributed by atoms with Crippen LogP contribution in [0.5, 0.6) is 0 Å². The zero-order valence-electron chi connectivity index (χ0n) is 8.11. The van der Waals surface area contributed by atoms with Crippen molar-refractivity contribution in [2.75, 3.05) is 12.9 Å². The van der Waals surface area contributed by atoms with Crippen LogP contribution < -0.4 is 0 Å². The quantitative estimate of drug-likeness (QED) is 0.554. The molecule has 0 unspecified atom stereocenters. The van der Waals surface area contributed by atoms with Gasteiger partial charge in [-0.2, -0.15) is 0 Å². The molecule has 0 spiro atoms. The van der Waals surface area contributed by atoms with Crippen molar-refractivity contribution in [2.24, 2.45) is 0 Å². The van der Waals surface area contributed by atoms with E-state index in [1.807, 2.05) is 19.9 Å². The minimum atomic E-state index is -3.06. The number of nitrogens with zero attached hydrogens (tertiary/aromatic N) is 1. The number of hydrogen-bond acceptors (Lipinski definition) is 5.